The van der Waals surface area contributed by atoms with Gasteiger partial charge in [-0.05, 0) is 42.8 Å². The molecule has 2 nitrogen and oxygen atoms in total. The SMILES string of the molecule is Cc1nsc2cc(F)c(N=C=S)cc12. The monoisotopic (exact) mass is 224 g/mol. The Hall–Kier alpha value is -1.16. The molecule has 5 heteroatoms. The first-order valence-electron chi connectivity index (χ1n) is 3.86. The second kappa shape index (κ2) is 3.53. The van der Waals surface area contributed by atoms with Gasteiger partial charge in [0.25, 0.3) is 0 Å². The van der Waals surface area contributed by atoms with E-state index in [0.717, 1.165) is 15.8 Å². The first kappa shape index (κ1) is 9.40. The van der Waals surface area contributed by atoms with Crippen LogP contribution in [0.5, 0.6) is 0 Å². The number of hydrogen-bond donors (Lipinski definition) is 0. The molecule has 0 unspecified atom stereocenters. The Morgan fingerprint density at radius 1 is 1.57 bits per heavy atom. The van der Waals surface area contributed by atoms with Crippen molar-refractivity contribution in [3.8, 4) is 0 Å². The van der Waals surface area contributed by atoms with Gasteiger partial charge in [-0.25, -0.2) is 4.39 Å². The minimum atomic E-state index is -0.390. The molecule has 0 aliphatic carbocycles. The number of nitrogens with zero attached hydrogens (tertiary/aromatic N) is 2. The Labute approximate surface area is 89.3 Å². The van der Waals surface area contributed by atoms with E-state index in [4.69, 9.17) is 0 Å². The third-order valence-corrected chi connectivity index (χ3v) is 2.88. The van der Waals surface area contributed by atoms with E-state index in [0.29, 0.717) is 0 Å². The molecular weight excluding hydrogens is 219 g/mol. The zero-order valence-electron chi connectivity index (χ0n) is 7.24. The number of aliphatic imine (C=N–C) groups is 1. The molecule has 14 heavy (non-hydrogen) atoms. The fraction of sp³-hybridized carbons (Fsp3) is 0.111. The molecule has 2 rings (SSSR count). The first-order valence-corrected chi connectivity index (χ1v) is 5.04. The Morgan fingerprint density at radius 2 is 2.36 bits per heavy atom. The Balaban J connectivity index is 2.80. The lowest BCUT2D eigenvalue weighted by atomic mass is 10.2. The van der Waals surface area contributed by atoms with Crippen molar-refractivity contribution >= 4 is 44.7 Å². The molecule has 0 atom stereocenters. The van der Waals surface area contributed by atoms with E-state index < -0.39 is 5.82 Å². The van der Waals surface area contributed by atoms with Crippen LogP contribution < -0.4 is 0 Å². The van der Waals surface area contributed by atoms with Crippen LogP contribution in [0.25, 0.3) is 10.1 Å². The quantitative estimate of drug-likeness (QED) is 0.547. The highest BCUT2D eigenvalue weighted by Gasteiger charge is 2.07. The molecule has 0 aliphatic rings. The highest BCUT2D eigenvalue weighted by molar-refractivity contribution is 7.78. The molecule has 0 spiro atoms. The lowest BCUT2D eigenvalue weighted by Gasteiger charge is -1.95. The van der Waals surface area contributed by atoms with Crippen LogP contribution in [0.4, 0.5) is 10.1 Å². The molecule has 1 aromatic carbocycles. The number of thiocarbonyl (C=S) groups is 1. The van der Waals surface area contributed by atoms with E-state index in [1.807, 2.05) is 6.92 Å². The standard InChI is InChI=1S/C9H5FN2S2/c1-5-6-2-8(11-4-13)7(10)3-9(6)14-12-5/h2-3H,1H3. The van der Waals surface area contributed by atoms with E-state index >= 15 is 0 Å². The van der Waals surface area contributed by atoms with Gasteiger partial charge in [0.05, 0.1) is 15.6 Å². The van der Waals surface area contributed by atoms with Crippen LogP contribution in [-0.2, 0) is 0 Å². The van der Waals surface area contributed by atoms with Gasteiger partial charge in [-0.2, -0.15) is 9.37 Å². The van der Waals surface area contributed by atoms with Gasteiger partial charge in [0.15, 0.2) is 5.82 Å². The average Bonchev–Trinajstić information content (AvgIpc) is 2.49. The fourth-order valence-electron chi connectivity index (χ4n) is 1.20. The van der Waals surface area contributed by atoms with Crippen LogP contribution in [-0.4, -0.2) is 9.53 Å². The summed E-state index contributed by atoms with van der Waals surface area (Å²) in [7, 11) is 0. The normalized spacial score (nSPS) is 10.1. The maximum absolute atomic E-state index is 13.3. The summed E-state index contributed by atoms with van der Waals surface area (Å²) in [5.74, 6) is -0.390. The summed E-state index contributed by atoms with van der Waals surface area (Å²) in [5.41, 5.74) is 1.10. The van der Waals surface area contributed by atoms with E-state index in [1.54, 1.807) is 6.07 Å². The van der Waals surface area contributed by atoms with E-state index in [-0.39, 0.29) is 5.69 Å². The molecular formula is C9H5FN2S2. The summed E-state index contributed by atoms with van der Waals surface area (Å²) >= 11 is 5.71. The van der Waals surface area contributed by atoms with Crippen molar-refractivity contribution in [1.29, 1.82) is 0 Å². The summed E-state index contributed by atoms with van der Waals surface area (Å²) in [4.78, 5) is 3.64. The smallest absolute Gasteiger partial charge is 0.151 e. The molecule has 2 aromatic rings. The number of hydrogen-bond acceptors (Lipinski definition) is 4. The number of benzene rings is 1. The van der Waals surface area contributed by atoms with Crippen molar-refractivity contribution < 1.29 is 4.39 Å². The Kier molecular flexibility index (Phi) is 2.37. The van der Waals surface area contributed by atoms with Crippen molar-refractivity contribution in [2.75, 3.05) is 0 Å². The van der Waals surface area contributed by atoms with Crippen LogP contribution >= 0.6 is 23.8 Å². The van der Waals surface area contributed by atoms with Crippen molar-refractivity contribution in [1.82, 2.24) is 4.37 Å². The number of fused-ring (bicyclic) bond motifs is 1. The molecule has 0 radical (unpaired) electrons. The van der Waals surface area contributed by atoms with Gasteiger partial charge < -0.3 is 0 Å². The Morgan fingerprint density at radius 3 is 3.07 bits per heavy atom. The second-order valence-electron chi connectivity index (χ2n) is 2.77. The van der Waals surface area contributed by atoms with Crippen LogP contribution in [0.3, 0.4) is 0 Å². The van der Waals surface area contributed by atoms with Crippen LogP contribution in [0.1, 0.15) is 5.69 Å². The van der Waals surface area contributed by atoms with Crippen molar-refractivity contribution in [3.63, 3.8) is 0 Å². The molecule has 0 saturated heterocycles. The average molecular weight is 224 g/mol. The highest BCUT2D eigenvalue weighted by Crippen LogP contribution is 2.29. The van der Waals surface area contributed by atoms with Crippen LogP contribution in [0.15, 0.2) is 17.1 Å². The largest absolute Gasteiger partial charge is 0.205 e. The molecule has 70 valence electrons. The van der Waals surface area contributed by atoms with Crippen LogP contribution in [0, 0.1) is 12.7 Å². The maximum atomic E-state index is 13.3. The van der Waals surface area contributed by atoms with Crippen molar-refractivity contribution in [3.05, 3.63) is 23.6 Å². The summed E-state index contributed by atoms with van der Waals surface area (Å²) in [6.07, 6.45) is 0. The molecule has 0 bridgehead atoms. The molecule has 1 heterocycles. The maximum Gasteiger partial charge on any atom is 0.151 e. The summed E-state index contributed by atoms with van der Waals surface area (Å²) in [6, 6.07) is 3.06. The molecule has 0 N–H and O–H groups in total. The zero-order chi connectivity index (χ0) is 10.1. The summed E-state index contributed by atoms with van der Waals surface area (Å²) in [5, 5.41) is 3.07. The van der Waals surface area contributed by atoms with Crippen LogP contribution in [0.2, 0.25) is 0 Å². The summed E-state index contributed by atoms with van der Waals surface area (Å²) in [6.45, 7) is 1.88. The van der Waals surface area contributed by atoms with Crippen molar-refractivity contribution in [2.45, 2.75) is 6.92 Å². The van der Waals surface area contributed by atoms with Gasteiger partial charge in [0.2, 0.25) is 0 Å². The van der Waals surface area contributed by atoms with Gasteiger partial charge in [-0.3, -0.25) is 0 Å². The van der Waals surface area contributed by atoms with Crippen molar-refractivity contribution in [2.24, 2.45) is 4.99 Å². The highest BCUT2D eigenvalue weighted by atomic mass is 32.1. The second-order valence-corrected chi connectivity index (χ2v) is 3.76. The summed E-state index contributed by atoms with van der Waals surface area (Å²) < 4.78 is 18.3. The third-order valence-electron chi connectivity index (χ3n) is 1.89. The van der Waals surface area contributed by atoms with E-state index in [2.05, 4.69) is 26.7 Å². The van der Waals surface area contributed by atoms with Gasteiger partial charge in [0.1, 0.15) is 5.69 Å². The predicted molar refractivity (Wildman–Crippen MR) is 59.0 cm³/mol. The van der Waals surface area contributed by atoms with E-state index in [9.17, 15) is 4.39 Å². The molecule has 0 amide bonds. The van der Waals surface area contributed by atoms with E-state index in [1.165, 1.54) is 17.6 Å². The lowest BCUT2D eigenvalue weighted by molar-refractivity contribution is 0.632. The third kappa shape index (κ3) is 1.46. The number of halogens is 1. The number of aryl methyl sites for hydroxylation is 1. The number of rotatable bonds is 1. The minimum absolute atomic E-state index is 0.218. The topological polar surface area (TPSA) is 25.2 Å². The fourth-order valence-corrected chi connectivity index (χ4v) is 2.10. The lowest BCUT2D eigenvalue weighted by Crippen LogP contribution is -1.76. The predicted octanol–water partition coefficient (Wildman–Crippen LogP) is 3.48. The molecule has 0 saturated carbocycles. The number of isothiocyanates is 1. The molecule has 0 fully saturated rings. The van der Waals surface area contributed by atoms with Gasteiger partial charge in [0, 0.05) is 5.39 Å². The molecule has 1 aromatic heterocycles. The van der Waals surface area contributed by atoms with Gasteiger partial charge in [-0.1, -0.05) is 0 Å². The number of aromatic nitrogens is 1. The van der Waals surface area contributed by atoms with Gasteiger partial charge >= 0.3 is 0 Å². The first-order chi connectivity index (χ1) is 6.72. The Bertz CT molecular complexity index is 541. The minimum Gasteiger partial charge on any atom is -0.205 e. The zero-order valence-corrected chi connectivity index (χ0v) is 8.88. The van der Waals surface area contributed by atoms with Gasteiger partial charge in [-0.15, -0.1) is 0 Å². The molecule has 0 aliphatic heterocycles.